The molecule has 0 heterocycles. The van der Waals surface area contributed by atoms with Gasteiger partial charge in [-0.1, -0.05) is 36.2 Å². The summed E-state index contributed by atoms with van der Waals surface area (Å²) in [5.74, 6) is 1.36. The second kappa shape index (κ2) is 7.46. The van der Waals surface area contributed by atoms with Crippen LogP contribution in [0.2, 0.25) is 0 Å². The van der Waals surface area contributed by atoms with Crippen molar-refractivity contribution in [2.45, 2.75) is 32.2 Å². The molecule has 21 heavy (non-hydrogen) atoms. The first kappa shape index (κ1) is 15.8. The molecule has 2 rings (SSSR count). The van der Waals surface area contributed by atoms with E-state index in [2.05, 4.69) is 60.5 Å². The third kappa shape index (κ3) is 4.74. The van der Waals surface area contributed by atoms with Crippen LogP contribution < -0.4 is 11.1 Å². The maximum Gasteiger partial charge on any atom is 0.188 e. The van der Waals surface area contributed by atoms with Crippen LogP contribution in [0.3, 0.4) is 0 Å². The molecule has 4 nitrogen and oxygen atoms in total. The zero-order chi connectivity index (χ0) is 15.2. The van der Waals surface area contributed by atoms with Gasteiger partial charge in [-0.05, 0) is 45.3 Å². The van der Waals surface area contributed by atoms with E-state index in [0.29, 0.717) is 12.5 Å². The van der Waals surface area contributed by atoms with Crippen molar-refractivity contribution in [1.29, 1.82) is 0 Å². The smallest absolute Gasteiger partial charge is 0.188 e. The van der Waals surface area contributed by atoms with Crippen molar-refractivity contribution < 1.29 is 0 Å². The topological polar surface area (TPSA) is 53.6 Å². The third-order valence-corrected chi connectivity index (χ3v) is 4.32. The molecule has 1 fully saturated rings. The van der Waals surface area contributed by atoms with Crippen molar-refractivity contribution in [3.8, 4) is 0 Å². The summed E-state index contributed by atoms with van der Waals surface area (Å²) in [5.41, 5.74) is 8.53. The van der Waals surface area contributed by atoms with Gasteiger partial charge in [0.05, 0.1) is 12.6 Å². The van der Waals surface area contributed by atoms with Crippen molar-refractivity contribution >= 4 is 5.96 Å². The number of nitrogens with zero attached hydrogens (tertiary/aromatic N) is 2. The number of benzene rings is 1. The molecule has 1 aromatic rings. The number of nitrogens with two attached hydrogens (primary N) is 1. The van der Waals surface area contributed by atoms with Gasteiger partial charge >= 0.3 is 0 Å². The van der Waals surface area contributed by atoms with Gasteiger partial charge in [-0.15, -0.1) is 0 Å². The van der Waals surface area contributed by atoms with E-state index in [1.54, 1.807) is 0 Å². The normalized spacial score (nSPS) is 17.6. The maximum absolute atomic E-state index is 5.97. The van der Waals surface area contributed by atoms with E-state index in [9.17, 15) is 0 Å². The molecular weight excluding hydrogens is 260 g/mol. The van der Waals surface area contributed by atoms with Gasteiger partial charge in [-0.3, -0.25) is 4.99 Å². The van der Waals surface area contributed by atoms with E-state index in [1.165, 1.54) is 30.4 Å². The van der Waals surface area contributed by atoms with Gasteiger partial charge in [0, 0.05) is 6.54 Å². The second-order valence-corrected chi connectivity index (χ2v) is 6.29. The standard InChI is InChI=1S/C17H28N4/c1-13-7-9-15(10-8-13)16(21(2)3)12-20-17(18)19-11-14-5-4-6-14/h7-10,14,16H,4-6,11-12H2,1-3H3,(H3,18,19,20). The summed E-state index contributed by atoms with van der Waals surface area (Å²) in [4.78, 5) is 6.70. The summed E-state index contributed by atoms with van der Waals surface area (Å²) in [6.45, 7) is 3.75. The predicted octanol–water partition coefficient (Wildman–Crippen LogP) is 2.30. The van der Waals surface area contributed by atoms with Gasteiger partial charge in [-0.25, -0.2) is 0 Å². The molecule has 1 saturated carbocycles. The summed E-state index contributed by atoms with van der Waals surface area (Å²) in [7, 11) is 4.16. The minimum absolute atomic E-state index is 0.259. The Hall–Kier alpha value is -1.55. The number of aryl methyl sites for hydroxylation is 1. The first-order valence-electron chi connectivity index (χ1n) is 7.83. The van der Waals surface area contributed by atoms with Crippen LogP contribution in [0, 0.1) is 12.8 Å². The number of hydrogen-bond acceptors (Lipinski definition) is 2. The highest BCUT2D eigenvalue weighted by atomic mass is 15.1. The minimum Gasteiger partial charge on any atom is -0.370 e. The van der Waals surface area contributed by atoms with Crippen LogP contribution >= 0.6 is 0 Å². The fourth-order valence-corrected chi connectivity index (χ4v) is 2.54. The monoisotopic (exact) mass is 288 g/mol. The molecule has 3 N–H and O–H groups in total. The summed E-state index contributed by atoms with van der Waals surface area (Å²) >= 11 is 0. The van der Waals surface area contributed by atoms with Gasteiger partial charge in [0.1, 0.15) is 0 Å². The Morgan fingerprint density at radius 1 is 1.33 bits per heavy atom. The van der Waals surface area contributed by atoms with E-state index in [4.69, 9.17) is 5.73 Å². The molecule has 0 aromatic heterocycles. The van der Waals surface area contributed by atoms with Crippen molar-refractivity contribution in [1.82, 2.24) is 10.2 Å². The van der Waals surface area contributed by atoms with Crippen LogP contribution in [-0.4, -0.2) is 38.0 Å². The number of likely N-dealkylation sites (N-methyl/N-ethyl adjacent to an activating group) is 1. The molecule has 0 saturated heterocycles. The average Bonchev–Trinajstić information content (AvgIpc) is 2.39. The van der Waals surface area contributed by atoms with E-state index >= 15 is 0 Å². The first-order chi connectivity index (χ1) is 10.1. The number of rotatable bonds is 6. The van der Waals surface area contributed by atoms with Gasteiger partial charge in [0.2, 0.25) is 0 Å². The molecule has 0 aliphatic heterocycles. The summed E-state index contributed by atoms with van der Waals surface area (Å²) in [6.07, 6.45) is 4.01. The molecule has 1 unspecified atom stereocenters. The lowest BCUT2D eigenvalue weighted by Crippen LogP contribution is -2.38. The lowest BCUT2D eigenvalue weighted by molar-refractivity contribution is 0.305. The molecular formula is C17H28N4. The highest BCUT2D eigenvalue weighted by molar-refractivity contribution is 5.77. The fourth-order valence-electron chi connectivity index (χ4n) is 2.54. The third-order valence-electron chi connectivity index (χ3n) is 4.32. The number of nitrogens with one attached hydrogen (secondary N) is 1. The Labute approximate surface area is 128 Å². The molecule has 0 amide bonds. The van der Waals surface area contributed by atoms with Crippen LogP contribution in [0.25, 0.3) is 0 Å². The van der Waals surface area contributed by atoms with Crippen LogP contribution in [0.15, 0.2) is 29.3 Å². The summed E-state index contributed by atoms with van der Waals surface area (Å²) in [5, 5.41) is 3.25. The Kier molecular flexibility index (Phi) is 5.62. The average molecular weight is 288 g/mol. The zero-order valence-corrected chi connectivity index (χ0v) is 13.5. The van der Waals surface area contributed by atoms with E-state index in [0.717, 1.165) is 12.5 Å². The van der Waals surface area contributed by atoms with Crippen LogP contribution in [-0.2, 0) is 0 Å². The van der Waals surface area contributed by atoms with Crippen LogP contribution in [0.5, 0.6) is 0 Å². The van der Waals surface area contributed by atoms with Gasteiger partial charge in [0.15, 0.2) is 5.96 Å². The second-order valence-electron chi connectivity index (χ2n) is 6.29. The number of guanidine groups is 1. The lowest BCUT2D eigenvalue weighted by Gasteiger charge is -2.26. The molecule has 0 bridgehead atoms. The summed E-state index contributed by atoms with van der Waals surface area (Å²) in [6, 6.07) is 8.90. The van der Waals surface area contributed by atoms with Crippen molar-refractivity contribution in [2.75, 3.05) is 27.2 Å². The Balaban J connectivity index is 1.90. The quantitative estimate of drug-likeness (QED) is 0.624. The molecule has 116 valence electrons. The van der Waals surface area contributed by atoms with Gasteiger partial charge in [0.25, 0.3) is 0 Å². The largest absolute Gasteiger partial charge is 0.370 e. The molecule has 1 aliphatic carbocycles. The van der Waals surface area contributed by atoms with Crippen LogP contribution in [0.4, 0.5) is 0 Å². The molecule has 1 aromatic carbocycles. The van der Waals surface area contributed by atoms with Crippen molar-refractivity contribution in [3.05, 3.63) is 35.4 Å². The lowest BCUT2D eigenvalue weighted by atomic mass is 9.85. The molecule has 1 aliphatic rings. The fraction of sp³-hybridized carbons (Fsp3) is 0.588. The molecule has 0 radical (unpaired) electrons. The van der Waals surface area contributed by atoms with Crippen molar-refractivity contribution in [2.24, 2.45) is 16.6 Å². The highest BCUT2D eigenvalue weighted by Crippen LogP contribution is 2.25. The zero-order valence-electron chi connectivity index (χ0n) is 13.5. The van der Waals surface area contributed by atoms with E-state index in [-0.39, 0.29) is 6.04 Å². The number of hydrogen-bond donors (Lipinski definition) is 2. The van der Waals surface area contributed by atoms with E-state index in [1.807, 2.05) is 0 Å². The van der Waals surface area contributed by atoms with E-state index < -0.39 is 0 Å². The molecule has 0 spiro atoms. The predicted molar refractivity (Wildman–Crippen MR) is 89.4 cm³/mol. The minimum atomic E-state index is 0.259. The Bertz CT molecular complexity index is 460. The highest BCUT2D eigenvalue weighted by Gasteiger charge is 2.17. The summed E-state index contributed by atoms with van der Waals surface area (Å²) < 4.78 is 0. The van der Waals surface area contributed by atoms with Crippen molar-refractivity contribution in [3.63, 3.8) is 0 Å². The first-order valence-corrected chi connectivity index (χ1v) is 7.83. The van der Waals surface area contributed by atoms with Gasteiger partial charge < -0.3 is 16.0 Å². The molecule has 1 atom stereocenters. The Morgan fingerprint density at radius 3 is 2.52 bits per heavy atom. The SMILES string of the molecule is Cc1ccc(C(CN=C(N)NCC2CCC2)N(C)C)cc1. The van der Waals surface area contributed by atoms with Crippen LogP contribution in [0.1, 0.15) is 36.4 Å². The maximum atomic E-state index is 5.97. The molecule has 4 heteroatoms. The van der Waals surface area contributed by atoms with Gasteiger partial charge in [-0.2, -0.15) is 0 Å². The Morgan fingerprint density at radius 2 is 2.00 bits per heavy atom. The number of aliphatic imine (C=N–C) groups is 1.